The van der Waals surface area contributed by atoms with Crippen LogP contribution in [0.15, 0.2) is 47.1 Å². The first-order valence-corrected chi connectivity index (χ1v) is 10.7. The quantitative estimate of drug-likeness (QED) is 0.696. The summed E-state index contributed by atoms with van der Waals surface area (Å²) in [5.74, 6) is 0.905. The predicted octanol–water partition coefficient (Wildman–Crippen LogP) is 3.48. The molecule has 7 heteroatoms. The molecule has 2 heterocycles. The van der Waals surface area contributed by atoms with E-state index >= 15 is 0 Å². The van der Waals surface area contributed by atoms with E-state index in [-0.39, 0.29) is 18.0 Å². The first-order valence-electron chi connectivity index (χ1n) is 10.7. The Balaban J connectivity index is 1.62. The smallest absolute Gasteiger partial charge is 0.319 e. The third-order valence-corrected chi connectivity index (χ3v) is 5.46. The molecule has 1 fully saturated rings. The van der Waals surface area contributed by atoms with Crippen LogP contribution in [0.4, 0.5) is 10.5 Å². The highest BCUT2D eigenvalue weighted by Gasteiger charge is 2.27. The first-order chi connectivity index (χ1) is 14.5. The molecule has 1 saturated heterocycles. The van der Waals surface area contributed by atoms with E-state index in [4.69, 9.17) is 4.42 Å². The number of urea groups is 1. The van der Waals surface area contributed by atoms with Gasteiger partial charge in [0.25, 0.3) is 0 Å². The molecule has 0 spiro atoms. The Morgan fingerprint density at radius 2 is 1.90 bits per heavy atom. The van der Waals surface area contributed by atoms with Gasteiger partial charge in [-0.3, -0.25) is 4.79 Å². The van der Waals surface area contributed by atoms with Gasteiger partial charge in [-0.25, -0.2) is 4.79 Å². The van der Waals surface area contributed by atoms with E-state index < -0.39 is 0 Å². The minimum Gasteiger partial charge on any atom is -0.467 e. The van der Waals surface area contributed by atoms with Crippen molar-refractivity contribution in [1.82, 2.24) is 15.1 Å². The van der Waals surface area contributed by atoms with Crippen molar-refractivity contribution in [2.75, 3.05) is 32.0 Å². The lowest BCUT2D eigenvalue weighted by Gasteiger charge is -2.37. The molecule has 1 aliphatic heterocycles. The number of hydrogen-bond donors (Lipinski definition) is 2. The molecule has 1 aromatic carbocycles. The van der Waals surface area contributed by atoms with Gasteiger partial charge in [0, 0.05) is 18.3 Å². The number of likely N-dealkylation sites (tertiary alicyclic amines) is 1. The lowest BCUT2D eigenvalue weighted by molar-refractivity contribution is -0.134. The SMILES string of the molecule is CCCNC(=O)Nc1ccc(CC(=O)N(Cc2ccco2)C2CCN(C)CC2)cc1. The van der Waals surface area contributed by atoms with Gasteiger partial charge in [0.2, 0.25) is 5.91 Å². The summed E-state index contributed by atoms with van der Waals surface area (Å²) >= 11 is 0. The summed E-state index contributed by atoms with van der Waals surface area (Å²) in [5, 5.41) is 5.58. The van der Waals surface area contributed by atoms with Gasteiger partial charge in [0.1, 0.15) is 5.76 Å². The number of nitrogens with one attached hydrogen (secondary N) is 2. The van der Waals surface area contributed by atoms with E-state index in [0.29, 0.717) is 25.2 Å². The number of carbonyl (C=O) groups excluding carboxylic acids is 2. The maximum absolute atomic E-state index is 13.2. The van der Waals surface area contributed by atoms with Crippen LogP contribution in [0.1, 0.15) is 37.5 Å². The van der Waals surface area contributed by atoms with Crippen LogP contribution in [-0.4, -0.2) is 54.5 Å². The van der Waals surface area contributed by atoms with Crippen molar-refractivity contribution in [3.8, 4) is 0 Å². The fourth-order valence-corrected chi connectivity index (χ4v) is 3.69. The number of carbonyl (C=O) groups is 2. The van der Waals surface area contributed by atoms with Crippen LogP contribution >= 0.6 is 0 Å². The molecule has 162 valence electrons. The fourth-order valence-electron chi connectivity index (χ4n) is 3.69. The minimum absolute atomic E-state index is 0.0994. The molecule has 2 aromatic rings. The summed E-state index contributed by atoms with van der Waals surface area (Å²) < 4.78 is 5.51. The molecule has 7 nitrogen and oxygen atoms in total. The molecular weight excluding hydrogens is 380 g/mol. The van der Waals surface area contributed by atoms with E-state index in [1.165, 1.54) is 0 Å². The van der Waals surface area contributed by atoms with Crippen LogP contribution < -0.4 is 10.6 Å². The zero-order valence-electron chi connectivity index (χ0n) is 17.9. The van der Waals surface area contributed by atoms with Gasteiger partial charge in [-0.2, -0.15) is 0 Å². The molecule has 0 saturated carbocycles. The summed E-state index contributed by atoms with van der Waals surface area (Å²) in [7, 11) is 2.12. The first kappa shape index (κ1) is 21.9. The van der Waals surface area contributed by atoms with E-state index in [0.717, 1.165) is 43.7 Å². The van der Waals surface area contributed by atoms with Gasteiger partial charge >= 0.3 is 6.03 Å². The largest absolute Gasteiger partial charge is 0.467 e. The van der Waals surface area contributed by atoms with Crippen LogP contribution in [0, 0.1) is 0 Å². The van der Waals surface area contributed by atoms with Crippen LogP contribution in [0.25, 0.3) is 0 Å². The van der Waals surface area contributed by atoms with Gasteiger partial charge in [-0.1, -0.05) is 19.1 Å². The molecule has 1 aliphatic rings. The molecule has 3 rings (SSSR count). The van der Waals surface area contributed by atoms with E-state index in [9.17, 15) is 9.59 Å². The monoisotopic (exact) mass is 412 g/mol. The van der Waals surface area contributed by atoms with Crippen molar-refractivity contribution >= 4 is 17.6 Å². The fraction of sp³-hybridized carbons (Fsp3) is 0.478. The molecule has 2 N–H and O–H groups in total. The highest BCUT2D eigenvalue weighted by Crippen LogP contribution is 2.20. The molecule has 0 atom stereocenters. The highest BCUT2D eigenvalue weighted by atomic mass is 16.3. The van der Waals surface area contributed by atoms with Crippen molar-refractivity contribution in [1.29, 1.82) is 0 Å². The predicted molar refractivity (Wildman–Crippen MR) is 117 cm³/mol. The molecule has 30 heavy (non-hydrogen) atoms. The van der Waals surface area contributed by atoms with Crippen LogP contribution in [0.5, 0.6) is 0 Å². The number of rotatable bonds is 8. The maximum atomic E-state index is 13.2. The zero-order valence-corrected chi connectivity index (χ0v) is 17.9. The number of piperidine rings is 1. The standard InChI is InChI=1S/C23H32N4O3/c1-3-12-24-23(29)25-19-8-6-18(7-9-19)16-22(28)27(17-21-5-4-15-30-21)20-10-13-26(2)14-11-20/h4-9,15,20H,3,10-14,16-17H2,1-2H3,(H2,24,25,29). The molecule has 0 aliphatic carbocycles. The van der Waals surface area contributed by atoms with Gasteiger partial charge in [0.05, 0.1) is 19.2 Å². The summed E-state index contributed by atoms with van der Waals surface area (Å²) in [5.41, 5.74) is 1.64. The zero-order chi connectivity index (χ0) is 21.3. The van der Waals surface area contributed by atoms with Crippen molar-refractivity contribution in [3.05, 3.63) is 54.0 Å². The normalized spacial score (nSPS) is 15.0. The number of amides is 3. The van der Waals surface area contributed by atoms with Crippen molar-refractivity contribution in [2.45, 2.75) is 45.2 Å². The van der Waals surface area contributed by atoms with E-state index in [1.807, 2.05) is 48.2 Å². The van der Waals surface area contributed by atoms with Gasteiger partial charge in [-0.15, -0.1) is 0 Å². The Morgan fingerprint density at radius 1 is 1.17 bits per heavy atom. The number of hydrogen-bond acceptors (Lipinski definition) is 4. The molecular formula is C23H32N4O3. The lowest BCUT2D eigenvalue weighted by Crippen LogP contribution is -2.46. The van der Waals surface area contributed by atoms with Gasteiger partial charge in [-0.05, 0) is 69.2 Å². The maximum Gasteiger partial charge on any atom is 0.319 e. The molecule has 0 unspecified atom stereocenters. The second kappa shape index (κ2) is 10.8. The number of benzene rings is 1. The minimum atomic E-state index is -0.215. The third-order valence-electron chi connectivity index (χ3n) is 5.46. The lowest BCUT2D eigenvalue weighted by atomic mass is 10.0. The van der Waals surface area contributed by atoms with E-state index in [1.54, 1.807) is 6.26 Å². The van der Waals surface area contributed by atoms with Gasteiger partial charge < -0.3 is 24.9 Å². The Labute approximate surface area is 178 Å². The van der Waals surface area contributed by atoms with Crippen molar-refractivity contribution < 1.29 is 14.0 Å². The molecule has 0 radical (unpaired) electrons. The van der Waals surface area contributed by atoms with Gasteiger partial charge in [0.15, 0.2) is 0 Å². The summed E-state index contributed by atoms with van der Waals surface area (Å²) in [6.45, 7) is 5.13. The Hall–Kier alpha value is -2.80. The number of anilines is 1. The van der Waals surface area contributed by atoms with Crippen molar-refractivity contribution in [3.63, 3.8) is 0 Å². The Kier molecular flexibility index (Phi) is 7.90. The van der Waals surface area contributed by atoms with Crippen LogP contribution in [-0.2, 0) is 17.8 Å². The third kappa shape index (κ3) is 6.35. The topological polar surface area (TPSA) is 77.8 Å². The second-order valence-corrected chi connectivity index (χ2v) is 7.89. The van der Waals surface area contributed by atoms with E-state index in [2.05, 4.69) is 22.6 Å². The van der Waals surface area contributed by atoms with Crippen LogP contribution in [0.3, 0.4) is 0 Å². The number of furan rings is 1. The van der Waals surface area contributed by atoms with Crippen molar-refractivity contribution in [2.24, 2.45) is 0 Å². The average Bonchev–Trinajstić information content (AvgIpc) is 3.26. The van der Waals surface area contributed by atoms with Crippen LogP contribution in [0.2, 0.25) is 0 Å². The Morgan fingerprint density at radius 3 is 2.53 bits per heavy atom. The molecule has 1 aromatic heterocycles. The Bertz CT molecular complexity index is 796. The average molecular weight is 413 g/mol. The second-order valence-electron chi connectivity index (χ2n) is 7.89. The summed E-state index contributed by atoms with van der Waals surface area (Å²) in [6.07, 6.45) is 4.81. The highest BCUT2D eigenvalue weighted by molar-refractivity contribution is 5.89. The molecule has 0 bridgehead atoms. The number of nitrogens with zero attached hydrogens (tertiary/aromatic N) is 2. The summed E-state index contributed by atoms with van der Waals surface area (Å²) in [4.78, 5) is 29.2. The molecule has 3 amide bonds. The summed E-state index contributed by atoms with van der Waals surface area (Å²) in [6, 6.07) is 11.2.